The summed E-state index contributed by atoms with van der Waals surface area (Å²) in [5.41, 5.74) is 8.89. The zero-order valence-electron chi connectivity index (χ0n) is 13.2. The largest absolute Gasteiger partial charge is 0.327 e. The van der Waals surface area contributed by atoms with Gasteiger partial charge in [-0.2, -0.15) is 0 Å². The van der Waals surface area contributed by atoms with Crippen LogP contribution in [0.1, 0.15) is 44.1 Å². The third kappa shape index (κ3) is 4.32. The zero-order chi connectivity index (χ0) is 15.5. The molecule has 2 unspecified atom stereocenters. The number of nitrogens with zero attached hydrogens (tertiary/aromatic N) is 1. The Morgan fingerprint density at radius 1 is 1.10 bits per heavy atom. The van der Waals surface area contributed by atoms with E-state index in [1.807, 2.05) is 19.2 Å². The minimum atomic E-state index is 0.0708. The van der Waals surface area contributed by atoms with Gasteiger partial charge in [0.2, 0.25) is 0 Å². The third-order valence-electron chi connectivity index (χ3n) is 3.47. The lowest BCUT2D eigenvalue weighted by Gasteiger charge is -2.22. The van der Waals surface area contributed by atoms with Gasteiger partial charge < -0.3 is 5.73 Å². The maximum atomic E-state index is 6.17. The number of hydrogen-bond donors (Lipinski definition) is 1. The van der Waals surface area contributed by atoms with Gasteiger partial charge in [-0.05, 0) is 41.7 Å². The number of thioether (sulfide) groups is 1. The molecule has 2 nitrogen and oxygen atoms in total. The fraction of sp³-hybridized carbons (Fsp3) is 0.389. The van der Waals surface area contributed by atoms with Crippen LogP contribution in [0.3, 0.4) is 0 Å². The van der Waals surface area contributed by atoms with E-state index in [1.54, 1.807) is 18.0 Å². The van der Waals surface area contributed by atoms with Crippen LogP contribution in [0.5, 0.6) is 0 Å². The molecule has 2 atom stereocenters. The Balaban J connectivity index is 2.18. The maximum absolute atomic E-state index is 6.17. The van der Waals surface area contributed by atoms with Gasteiger partial charge in [0.1, 0.15) is 0 Å². The normalized spacial score (nSPS) is 14.7. The third-order valence-corrected chi connectivity index (χ3v) is 4.97. The lowest BCUT2D eigenvalue weighted by molar-refractivity contribution is 0.589. The monoisotopic (exact) mass is 300 g/mol. The van der Waals surface area contributed by atoms with Crippen LogP contribution in [0.4, 0.5) is 0 Å². The molecule has 0 saturated carbocycles. The first-order valence-corrected chi connectivity index (χ1v) is 8.18. The Morgan fingerprint density at radius 2 is 1.76 bits per heavy atom. The van der Waals surface area contributed by atoms with Crippen molar-refractivity contribution in [3.05, 3.63) is 59.9 Å². The van der Waals surface area contributed by atoms with Gasteiger partial charge in [-0.3, -0.25) is 4.98 Å². The number of aromatic nitrogens is 1. The van der Waals surface area contributed by atoms with Crippen molar-refractivity contribution in [1.29, 1.82) is 0 Å². The van der Waals surface area contributed by atoms with E-state index in [9.17, 15) is 0 Å². The van der Waals surface area contributed by atoms with E-state index >= 15 is 0 Å². The smallest absolute Gasteiger partial charge is 0.0508 e. The lowest BCUT2D eigenvalue weighted by atomic mass is 9.87. The van der Waals surface area contributed by atoms with E-state index < -0.39 is 0 Å². The Labute approximate surface area is 132 Å². The van der Waals surface area contributed by atoms with Crippen molar-refractivity contribution < 1.29 is 0 Å². The molecule has 0 saturated heterocycles. The molecule has 3 heteroatoms. The zero-order valence-corrected chi connectivity index (χ0v) is 14.0. The SMILES string of the molecule is CC(N)C(Sc1ccc(C(C)(C)C)cc1)c1cccnc1. The van der Waals surface area contributed by atoms with Crippen LogP contribution < -0.4 is 5.73 Å². The van der Waals surface area contributed by atoms with Gasteiger partial charge in [0.05, 0.1) is 5.25 Å². The number of benzene rings is 1. The van der Waals surface area contributed by atoms with Crippen molar-refractivity contribution in [2.75, 3.05) is 0 Å². The quantitative estimate of drug-likeness (QED) is 0.841. The molecule has 0 spiro atoms. The average Bonchev–Trinajstić information content (AvgIpc) is 2.45. The number of rotatable bonds is 4. The molecule has 1 aromatic heterocycles. The Hall–Kier alpha value is -1.32. The van der Waals surface area contributed by atoms with E-state index in [4.69, 9.17) is 5.73 Å². The van der Waals surface area contributed by atoms with Crippen LogP contribution >= 0.6 is 11.8 Å². The van der Waals surface area contributed by atoms with Crippen LogP contribution in [0.25, 0.3) is 0 Å². The first kappa shape index (κ1) is 16.1. The van der Waals surface area contributed by atoms with Gasteiger partial charge in [0, 0.05) is 23.3 Å². The summed E-state index contributed by atoms with van der Waals surface area (Å²) < 4.78 is 0. The van der Waals surface area contributed by atoms with Crippen molar-refractivity contribution in [2.45, 2.75) is 49.3 Å². The van der Waals surface area contributed by atoms with Crippen LogP contribution in [0.2, 0.25) is 0 Å². The molecule has 1 heterocycles. The second-order valence-corrected chi connectivity index (χ2v) is 7.67. The predicted molar refractivity (Wildman–Crippen MR) is 91.6 cm³/mol. The molecule has 0 aliphatic heterocycles. The lowest BCUT2D eigenvalue weighted by Crippen LogP contribution is -2.22. The second-order valence-electron chi connectivity index (χ2n) is 6.46. The molecule has 2 N–H and O–H groups in total. The summed E-state index contributed by atoms with van der Waals surface area (Å²) in [4.78, 5) is 5.45. The van der Waals surface area contributed by atoms with Gasteiger partial charge >= 0.3 is 0 Å². The number of pyridine rings is 1. The van der Waals surface area contributed by atoms with Gasteiger partial charge in [-0.15, -0.1) is 11.8 Å². The van der Waals surface area contributed by atoms with Crippen molar-refractivity contribution in [1.82, 2.24) is 4.98 Å². The Morgan fingerprint density at radius 3 is 2.24 bits per heavy atom. The summed E-state index contributed by atoms with van der Waals surface area (Å²) in [6, 6.07) is 12.9. The van der Waals surface area contributed by atoms with Crippen molar-refractivity contribution >= 4 is 11.8 Å². The maximum Gasteiger partial charge on any atom is 0.0508 e. The number of hydrogen-bond acceptors (Lipinski definition) is 3. The highest BCUT2D eigenvalue weighted by atomic mass is 32.2. The highest BCUT2D eigenvalue weighted by Gasteiger charge is 2.19. The van der Waals surface area contributed by atoms with Crippen LogP contribution in [-0.4, -0.2) is 11.0 Å². The summed E-state index contributed by atoms with van der Waals surface area (Å²) in [6.07, 6.45) is 3.70. The summed E-state index contributed by atoms with van der Waals surface area (Å²) in [7, 11) is 0. The molecular weight excluding hydrogens is 276 g/mol. The van der Waals surface area contributed by atoms with E-state index in [0.717, 1.165) is 0 Å². The molecule has 21 heavy (non-hydrogen) atoms. The molecule has 0 radical (unpaired) electrons. The van der Waals surface area contributed by atoms with Crippen molar-refractivity contribution in [2.24, 2.45) is 5.73 Å². The highest BCUT2D eigenvalue weighted by molar-refractivity contribution is 7.99. The summed E-state index contributed by atoms with van der Waals surface area (Å²) in [5, 5.41) is 0.221. The van der Waals surface area contributed by atoms with Crippen molar-refractivity contribution in [3.63, 3.8) is 0 Å². The van der Waals surface area contributed by atoms with Gasteiger partial charge in [0.15, 0.2) is 0 Å². The van der Waals surface area contributed by atoms with Crippen molar-refractivity contribution in [3.8, 4) is 0 Å². The van der Waals surface area contributed by atoms with Gasteiger partial charge in [-0.1, -0.05) is 39.0 Å². The van der Waals surface area contributed by atoms with Crippen LogP contribution in [-0.2, 0) is 5.41 Å². The van der Waals surface area contributed by atoms with Gasteiger partial charge in [-0.25, -0.2) is 0 Å². The van der Waals surface area contributed by atoms with Crippen LogP contribution in [0.15, 0.2) is 53.7 Å². The Kier molecular flexibility index (Phi) is 5.07. The topological polar surface area (TPSA) is 38.9 Å². The fourth-order valence-electron chi connectivity index (χ4n) is 2.20. The molecule has 0 bridgehead atoms. The molecular formula is C18H24N2S. The minimum absolute atomic E-state index is 0.0708. The summed E-state index contributed by atoms with van der Waals surface area (Å²) in [6.45, 7) is 8.74. The molecule has 2 rings (SSSR count). The van der Waals surface area contributed by atoms with Gasteiger partial charge in [0.25, 0.3) is 0 Å². The molecule has 112 valence electrons. The van der Waals surface area contributed by atoms with E-state index in [0.29, 0.717) is 0 Å². The molecule has 0 aliphatic carbocycles. The first-order chi connectivity index (χ1) is 9.88. The molecule has 1 aromatic carbocycles. The minimum Gasteiger partial charge on any atom is -0.327 e. The highest BCUT2D eigenvalue weighted by Crippen LogP contribution is 2.37. The van der Waals surface area contributed by atoms with E-state index in [-0.39, 0.29) is 16.7 Å². The first-order valence-electron chi connectivity index (χ1n) is 7.30. The Bertz CT molecular complexity index is 556. The van der Waals surface area contributed by atoms with E-state index in [1.165, 1.54) is 16.0 Å². The fourth-order valence-corrected chi connectivity index (χ4v) is 3.28. The number of nitrogens with two attached hydrogens (primary N) is 1. The van der Waals surface area contributed by atoms with E-state index in [2.05, 4.69) is 56.1 Å². The standard InChI is InChI=1S/C18H24N2S/c1-13(19)17(14-6-5-11-20-12-14)21-16-9-7-15(8-10-16)18(2,3)4/h5-13,17H,19H2,1-4H3. The summed E-state index contributed by atoms with van der Waals surface area (Å²) in [5.74, 6) is 0. The van der Waals surface area contributed by atoms with Crippen LogP contribution in [0, 0.1) is 0 Å². The predicted octanol–water partition coefficient (Wildman–Crippen LogP) is 4.56. The average molecular weight is 300 g/mol. The summed E-state index contributed by atoms with van der Waals surface area (Å²) >= 11 is 1.80. The molecule has 0 aliphatic rings. The molecule has 0 amide bonds. The molecule has 0 fully saturated rings. The molecule has 2 aromatic rings. The second kappa shape index (κ2) is 6.63.